The van der Waals surface area contributed by atoms with Gasteiger partial charge in [0.05, 0.1) is 5.60 Å². The maximum Gasteiger partial charge on any atom is 0.0718 e. The molecule has 0 aromatic heterocycles. The van der Waals surface area contributed by atoms with Crippen LogP contribution < -0.4 is 0 Å². The molecule has 0 atom stereocenters. The summed E-state index contributed by atoms with van der Waals surface area (Å²) in [5.41, 5.74) is 0.608. The molecule has 0 aliphatic heterocycles. The molecular formula is C12H18BrNO. The summed E-state index contributed by atoms with van der Waals surface area (Å²) in [6.45, 7) is 5.16. The number of likely N-dealkylation sites (N-methyl/N-ethyl adjacent to an activating group) is 1. The summed E-state index contributed by atoms with van der Waals surface area (Å²) in [5.74, 6) is 0. The molecule has 0 aliphatic rings. The number of aliphatic hydroxyl groups is 1. The van der Waals surface area contributed by atoms with E-state index >= 15 is 0 Å². The molecule has 0 spiro atoms. The van der Waals surface area contributed by atoms with Gasteiger partial charge in [-0.25, -0.2) is 0 Å². The first-order valence-corrected chi connectivity index (χ1v) is 5.81. The average molecular weight is 272 g/mol. The fraction of sp³-hybridized carbons (Fsp3) is 0.500. The van der Waals surface area contributed by atoms with Crippen LogP contribution in [0.25, 0.3) is 0 Å². The Hall–Kier alpha value is -0.380. The van der Waals surface area contributed by atoms with Crippen LogP contribution in [0.5, 0.6) is 0 Å². The molecule has 1 aromatic rings. The van der Waals surface area contributed by atoms with Gasteiger partial charge in [0.25, 0.3) is 0 Å². The molecule has 0 fully saturated rings. The van der Waals surface area contributed by atoms with Gasteiger partial charge in [-0.3, -0.25) is 4.90 Å². The molecule has 3 heteroatoms. The maximum atomic E-state index is 9.67. The van der Waals surface area contributed by atoms with Gasteiger partial charge in [-0.1, -0.05) is 28.1 Å². The van der Waals surface area contributed by atoms with Crippen molar-refractivity contribution in [3.8, 4) is 0 Å². The largest absolute Gasteiger partial charge is 0.389 e. The summed E-state index contributed by atoms with van der Waals surface area (Å²) in [7, 11) is 2.01. The molecule has 0 unspecified atom stereocenters. The molecule has 0 heterocycles. The van der Waals surface area contributed by atoms with Gasteiger partial charge in [0.15, 0.2) is 0 Å². The topological polar surface area (TPSA) is 23.5 Å². The Kier molecular flexibility index (Phi) is 4.32. The Morgan fingerprint density at radius 2 is 2.07 bits per heavy atom. The van der Waals surface area contributed by atoms with Gasteiger partial charge >= 0.3 is 0 Å². The van der Waals surface area contributed by atoms with Crippen molar-refractivity contribution in [2.75, 3.05) is 13.6 Å². The Morgan fingerprint density at radius 3 is 2.60 bits per heavy atom. The second-order valence-corrected chi connectivity index (χ2v) is 5.53. The molecule has 84 valence electrons. The van der Waals surface area contributed by atoms with Gasteiger partial charge < -0.3 is 5.11 Å². The highest BCUT2D eigenvalue weighted by molar-refractivity contribution is 9.10. The highest BCUT2D eigenvalue weighted by Crippen LogP contribution is 2.14. The minimum Gasteiger partial charge on any atom is -0.389 e. The molecule has 0 saturated heterocycles. The summed E-state index contributed by atoms with van der Waals surface area (Å²) in [5, 5.41) is 9.67. The van der Waals surface area contributed by atoms with Gasteiger partial charge in [0.2, 0.25) is 0 Å². The van der Waals surface area contributed by atoms with Gasteiger partial charge in [-0.2, -0.15) is 0 Å². The number of hydrogen-bond donors (Lipinski definition) is 1. The Balaban J connectivity index is 2.55. The monoisotopic (exact) mass is 271 g/mol. The van der Waals surface area contributed by atoms with Crippen molar-refractivity contribution in [1.82, 2.24) is 4.90 Å². The number of nitrogens with zero attached hydrogens (tertiary/aromatic N) is 1. The van der Waals surface area contributed by atoms with E-state index in [1.54, 1.807) is 0 Å². The van der Waals surface area contributed by atoms with Gasteiger partial charge in [0.1, 0.15) is 0 Å². The second-order valence-electron chi connectivity index (χ2n) is 4.61. The smallest absolute Gasteiger partial charge is 0.0718 e. The Labute approximate surface area is 100 Å². The molecule has 15 heavy (non-hydrogen) atoms. The first-order valence-electron chi connectivity index (χ1n) is 5.02. The summed E-state index contributed by atoms with van der Waals surface area (Å²) >= 11 is 3.45. The molecular weight excluding hydrogens is 254 g/mol. The molecule has 0 aliphatic carbocycles. The number of rotatable bonds is 4. The lowest BCUT2D eigenvalue weighted by molar-refractivity contribution is 0.0425. The zero-order valence-corrected chi connectivity index (χ0v) is 11.1. The molecule has 2 nitrogen and oxygen atoms in total. The lowest BCUT2D eigenvalue weighted by Gasteiger charge is -2.25. The minimum atomic E-state index is -0.638. The van der Waals surface area contributed by atoms with E-state index in [1.807, 2.05) is 33.0 Å². The summed E-state index contributed by atoms with van der Waals surface area (Å²) < 4.78 is 1.09. The molecule has 0 amide bonds. The molecule has 1 N–H and O–H groups in total. The first kappa shape index (κ1) is 12.7. The number of benzene rings is 1. The van der Waals surface area contributed by atoms with Gasteiger partial charge in [-0.15, -0.1) is 0 Å². The van der Waals surface area contributed by atoms with Crippen LogP contribution in [0.4, 0.5) is 0 Å². The third-order valence-electron chi connectivity index (χ3n) is 2.00. The van der Waals surface area contributed by atoms with Crippen LogP contribution in [0, 0.1) is 0 Å². The van der Waals surface area contributed by atoms with E-state index in [4.69, 9.17) is 0 Å². The second kappa shape index (κ2) is 5.10. The van der Waals surface area contributed by atoms with Gasteiger partial charge in [-0.05, 0) is 38.6 Å². The van der Waals surface area contributed by atoms with Crippen LogP contribution in [0.15, 0.2) is 28.7 Å². The highest BCUT2D eigenvalue weighted by atomic mass is 79.9. The number of hydrogen-bond acceptors (Lipinski definition) is 2. The molecule has 0 saturated carbocycles. The van der Waals surface area contributed by atoms with Crippen molar-refractivity contribution in [2.45, 2.75) is 26.0 Å². The van der Waals surface area contributed by atoms with Crippen molar-refractivity contribution in [1.29, 1.82) is 0 Å². The van der Waals surface area contributed by atoms with Crippen LogP contribution in [-0.2, 0) is 6.54 Å². The summed E-state index contributed by atoms with van der Waals surface area (Å²) in [6, 6.07) is 8.23. The van der Waals surface area contributed by atoms with E-state index in [9.17, 15) is 5.11 Å². The van der Waals surface area contributed by atoms with Gasteiger partial charge in [0, 0.05) is 17.6 Å². The van der Waals surface area contributed by atoms with E-state index < -0.39 is 5.60 Å². The quantitative estimate of drug-likeness (QED) is 0.910. The van der Waals surface area contributed by atoms with Crippen LogP contribution in [-0.4, -0.2) is 29.2 Å². The SMILES string of the molecule is CN(Cc1cccc(Br)c1)CC(C)(C)O. The first-order chi connectivity index (χ1) is 6.87. The van der Waals surface area contributed by atoms with E-state index in [0.717, 1.165) is 11.0 Å². The predicted molar refractivity (Wildman–Crippen MR) is 66.8 cm³/mol. The normalized spacial score (nSPS) is 12.1. The number of halogens is 1. The molecule has 1 rings (SSSR count). The Bertz CT molecular complexity index is 320. The van der Waals surface area contributed by atoms with Crippen LogP contribution >= 0.6 is 15.9 Å². The lowest BCUT2D eigenvalue weighted by Crippen LogP contribution is -2.35. The van der Waals surface area contributed by atoms with E-state index in [-0.39, 0.29) is 0 Å². The standard InChI is InChI=1S/C12H18BrNO/c1-12(2,15)9-14(3)8-10-5-4-6-11(13)7-10/h4-7,15H,8-9H2,1-3H3. The fourth-order valence-corrected chi connectivity index (χ4v) is 2.11. The van der Waals surface area contributed by atoms with Crippen molar-refractivity contribution >= 4 is 15.9 Å². The van der Waals surface area contributed by atoms with E-state index in [1.165, 1.54) is 5.56 Å². The van der Waals surface area contributed by atoms with Crippen molar-refractivity contribution < 1.29 is 5.11 Å². The third-order valence-corrected chi connectivity index (χ3v) is 2.49. The summed E-state index contributed by atoms with van der Waals surface area (Å²) in [6.07, 6.45) is 0. The average Bonchev–Trinajstić information content (AvgIpc) is 1.99. The van der Waals surface area contributed by atoms with E-state index in [0.29, 0.717) is 6.54 Å². The lowest BCUT2D eigenvalue weighted by atomic mass is 10.1. The zero-order valence-electron chi connectivity index (χ0n) is 9.50. The van der Waals surface area contributed by atoms with Crippen LogP contribution in [0.3, 0.4) is 0 Å². The highest BCUT2D eigenvalue weighted by Gasteiger charge is 2.15. The van der Waals surface area contributed by atoms with Crippen molar-refractivity contribution in [2.24, 2.45) is 0 Å². The maximum absolute atomic E-state index is 9.67. The molecule has 0 bridgehead atoms. The zero-order chi connectivity index (χ0) is 11.5. The Morgan fingerprint density at radius 1 is 1.40 bits per heavy atom. The third kappa shape index (κ3) is 5.30. The fourth-order valence-electron chi connectivity index (χ4n) is 1.66. The minimum absolute atomic E-state index is 0.638. The van der Waals surface area contributed by atoms with Crippen LogP contribution in [0.2, 0.25) is 0 Å². The predicted octanol–water partition coefficient (Wildman–Crippen LogP) is 2.65. The summed E-state index contributed by atoms with van der Waals surface area (Å²) in [4.78, 5) is 2.11. The van der Waals surface area contributed by atoms with Crippen LogP contribution in [0.1, 0.15) is 19.4 Å². The molecule has 1 aromatic carbocycles. The van der Waals surface area contributed by atoms with Crippen molar-refractivity contribution in [3.05, 3.63) is 34.3 Å². The van der Waals surface area contributed by atoms with Crippen molar-refractivity contribution in [3.63, 3.8) is 0 Å². The molecule has 0 radical (unpaired) electrons. The van der Waals surface area contributed by atoms with E-state index in [2.05, 4.69) is 33.0 Å².